The Morgan fingerprint density at radius 2 is 1.53 bits per heavy atom. The summed E-state index contributed by atoms with van der Waals surface area (Å²) in [7, 11) is -4.03. The Morgan fingerprint density at radius 1 is 0.900 bits per heavy atom. The molecule has 6 heteroatoms. The highest BCUT2D eigenvalue weighted by Crippen LogP contribution is 2.36. The molecule has 30 heavy (non-hydrogen) atoms. The summed E-state index contributed by atoms with van der Waals surface area (Å²) in [6.07, 6.45) is 1.31. The summed E-state index contributed by atoms with van der Waals surface area (Å²) in [6.45, 7) is 4.08. The van der Waals surface area contributed by atoms with Crippen LogP contribution in [0, 0.1) is 13.8 Å². The number of Topliss-reactive ketones (excluding diaryl/α,β-unsaturated/α-hetero) is 1. The molecule has 0 atom stereocenters. The molecule has 0 aromatic heterocycles. The first kappa shape index (κ1) is 19.9. The fraction of sp³-hybridized carbons (Fsp3) is 0.125. The van der Waals surface area contributed by atoms with E-state index in [4.69, 9.17) is 0 Å². The van der Waals surface area contributed by atoms with Gasteiger partial charge in [-0.3, -0.25) is 9.10 Å². The highest BCUT2D eigenvalue weighted by Gasteiger charge is 2.39. The van der Waals surface area contributed by atoms with Crippen molar-refractivity contribution >= 4 is 27.2 Å². The normalized spacial score (nSPS) is 16.4. The van der Waals surface area contributed by atoms with Crippen molar-refractivity contribution in [1.82, 2.24) is 0 Å². The summed E-state index contributed by atoms with van der Waals surface area (Å²) < 4.78 is 28.2. The molecule has 0 fully saturated rings. The van der Waals surface area contributed by atoms with Crippen molar-refractivity contribution in [2.75, 3.05) is 9.62 Å². The molecule has 0 saturated carbocycles. The number of para-hydroxylation sites is 1. The second-order valence-electron chi connectivity index (χ2n) is 7.37. The number of nitrogens with zero attached hydrogens (tertiary/aromatic N) is 1. The maximum Gasteiger partial charge on any atom is 0.270 e. The van der Waals surface area contributed by atoms with Crippen molar-refractivity contribution in [3.05, 3.63) is 106 Å². The van der Waals surface area contributed by atoms with Crippen LogP contribution in [0.5, 0.6) is 0 Å². The van der Waals surface area contributed by atoms with Crippen LogP contribution in [0.2, 0.25) is 0 Å². The van der Waals surface area contributed by atoms with Crippen LogP contribution < -0.4 is 9.62 Å². The van der Waals surface area contributed by atoms with Crippen LogP contribution in [-0.2, 0) is 16.6 Å². The van der Waals surface area contributed by atoms with Crippen LogP contribution in [0.3, 0.4) is 0 Å². The average Bonchev–Trinajstić information content (AvgIpc) is 2.71. The van der Waals surface area contributed by atoms with Gasteiger partial charge in [-0.05, 0) is 54.8 Å². The van der Waals surface area contributed by atoms with Gasteiger partial charge >= 0.3 is 0 Å². The highest BCUT2D eigenvalue weighted by molar-refractivity contribution is 7.97. The van der Waals surface area contributed by atoms with E-state index >= 15 is 0 Å². The summed E-state index contributed by atoms with van der Waals surface area (Å²) in [4.78, 5) is 12.8. The Hall–Kier alpha value is -3.38. The lowest BCUT2D eigenvalue weighted by Gasteiger charge is -2.31. The number of hydrogen-bond acceptors (Lipinski definition) is 4. The Balaban J connectivity index is 1.78. The molecule has 1 N–H and O–H groups in total. The molecule has 5 nitrogen and oxygen atoms in total. The molecular formula is C24H22N2O3S. The lowest BCUT2D eigenvalue weighted by atomic mass is 10.1. The number of sulfonamides is 1. The maximum absolute atomic E-state index is 13.4. The number of ketones is 1. The van der Waals surface area contributed by atoms with E-state index in [-0.39, 0.29) is 11.4 Å². The fourth-order valence-electron chi connectivity index (χ4n) is 3.65. The molecule has 152 valence electrons. The summed E-state index contributed by atoms with van der Waals surface area (Å²) in [6, 6.07) is 22.0. The number of rotatable bonds is 4. The van der Waals surface area contributed by atoms with Gasteiger partial charge in [0, 0.05) is 17.5 Å². The Morgan fingerprint density at radius 3 is 2.23 bits per heavy atom. The quantitative estimate of drug-likeness (QED) is 0.619. The van der Waals surface area contributed by atoms with E-state index in [1.807, 2.05) is 62.4 Å². The van der Waals surface area contributed by atoms with Crippen molar-refractivity contribution in [3.63, 3.8) is 0 Å². The molecule has 3 aromatic rings. The predicted molar refractivity (Wildman–Crippen MR) is 120 cm³/mol. The van der Waals surface area contributed by atoms with Gasteiger partial charge in [0.15, 0.2) is 4.91 Å². The third-order valence-corrected chi connectivity index (χ3v) is 6.73. The lowest BCUT2D eigenvalue weighted by molar-refractivity contribution is 0.104. The zero-order valence-corrected chi connectivity index (χ0v) is 17.6. The Kier molecular flexibility index (Phi) is 5.18. The molecule has 1 heterocycles. The standard InChI is InChI=1S/C24H22N2O3S/c1-17-12-18(2)14-20(13-17)25-15-23-24(27)21-10-6-7-11-22(21)26(30(23,28)29)16-19-8-4-3-5-9-19/h3-15,25H,16H2,1-2H3/b23-15+. The predicted octanol–water partition coefficient (Wildman–Crippen LogP) is 4.79. The van der Waals surface area contributed by atoms with E-state index in [0.29, 0.717) is 11.3 Å². The number of carbonyl (C=O) groups is 1. The number of fused-ring (bicyclic) bond motifs is 1. The molecule has 0 unspecified atom stereocenters. The molecule has 0 saturated heterocycles. The van der Waals surface area contributed by atoms with Gasteiger partial charge < -0.3 is 5.32 Å². The molecule has 1 aliphatic heterocycles. The summed E-state index contributed by atoms with van der Waals surface area (Å²) in [5, 5.41) is 3.01. The topological polar surface area (TPSA) is 66.5 Å². The largest absolute Gasteiger partial charge is 0.360 e. The third-order valence-electron chi connectivity index (χ3n) is 4.97. The van der Waals surface area contributed by atoms with Gasteiger partial charge in [-0.15, -0.1) is 0 Å². The average molecular weight is 419 g/mol. The Bertz CT molecular complexity index is 1230. The zero-order valence-electron chi connectivity index (χ0n) is 16.8. The van der Waals surface area contributed by atoms with E-state index < -0.39 is 15.8 Å². The first-order valence-corrected chi connectivity index (χ1v) is 11.1. The number of aryl methyl sites for hydroxylation is 2. The second-order valence-corrected chi connectivity index (χ2v) is 9.20. The lowest BCUT2D eigenvalue weighted by Crippen LogP contribution is -2.39. The molecule has 4 rings (SSSR count). The molecule has 0 spiro atoms. The van der Waals surface area contributed by atoms with Crippen molar-refractivity contribution in [2.45, 2.75) is 20.4 Å². The second kappa shape index (κ2) is 7.80. The number of carbonyl (C=O) groups excluding carboxylic acids is 1. The third kappa shape index (κ3) is 3.74. The minimum Gasteiger partial charge on any atom is -0.360 e. The monoisotopic (exact) mass is 418 g/mol. The Labute approximate surface area is 176 Å². The fourth-order valence-corrected chi connectivity index (χ4v) is 5.17. The number of allylic oxidation sites excluding steroid dienone is 1. The van der Waals surface area contributed by atoms with Crippen LogP contribution in [0.1, 0.15) is 27.0 Å². The number of benzene rings is 3. The number of nitrogens with one attached hydrogen (secondary N) is 1. The first-order chi connectivity index (χ1) is 14.4. The SMILES string of the molecule is Cc1cc(C)cc(N/C=C2\C(=O)c3ccccc3N(Cc3ccccc3)S2(=O)=O)c1. The van der Waals surface area contributed by atoms with Crippen molar-refractivity contribution in [2.24, 2.45) is 0 Å². The van der Waals surface area contributed by atoms with Crippen molar-refractivity contribution in [1.29, 1.82) is 0 Å². The van der Waals surface area contributed by atoms with Gasteiger partial charge in [0.2, 0.25) is 5.78 Å². The zero-order chi connectivity index (χ0) is 21.3. The summed E-state index contributed by atoms with van der Waals surface area (Å²) in [5.41, 5.74) is 4.43. The van der Waals surface area contributed by atoms with Crippen LogP contribution in [0.15, 0.2) is 83.9 Å². The van der Waals surface area contributed by atoms with Gasteiger partial charge in [0.1, 0.15) is 0 Å². The van der Waals surface area contributed by atoms with Crippen molar-refractivity contribution in [3.8, 4) is 0 Å². The van der Waals surface area contributed by atoms with Crippen molar-refractivity contribution < 1.29 is 13.2 Å². The van der Waals surface area contributed by atoms with E-state index in [1.165, 1.54) is 10.5 Å². The van der Waals surface area contributed by atoms with Gasteiger partial charge in [-0.2, -0.15) is 0 Å². The smallest absolute Gasteiger partial charge is 0.270 e. The van der Waals surface area contributed by atoms with Crippen LogP contribution in [-0.4, -0.2) is 14.2 Å². The van der Waals surface area contributed by atoms with Crippen LogP contribution in [0.25, 0.3) is 0 Å². The summed E-state index contributed by atoms with van der Waals surface area (Å²) >= 11 is 0. The van der Waals surface area contributed by atoms with Gasteiger partial charge in [0.05, 0.1) is 12.2 Å². The maximum atomic E-state index is 13.4. The molecule has 1 aliphatic rings. The molecule has 0 radical (unpaired) electrons. The van der Waals surface area contributed by atoms with Gasteiger partial charge in [-0.1, -0.05) is 48.5 Å². The molecule has 3 aromatic carbocycles. The molecule has 0 bridgehead atoms. The summed E-state index contributed by atoms with van der Waals surface area (Å²) in [5.74, 6) is -0.508. The van der Waals surface area contributed by atoms with E-state index in [2.05, 4.69) is 5.32 Å². The molecular weight excluding hydrogens is 396 g/mol. The van der Waals surface area contributed by atoms with Crippen LogP contribution >= 0.6 is 0 Å². The van der Waals surface area contributed by atoms with E-state index in [1.54, 1.807) is 24.3 Å². The minimum atomic E-state index is -4.03. The minimum absolute atomic E-state index is 0.147. The number of hydrogen-bond donors (Lipinski definition) is 1. The first-order valence-electron chi connectivity index (χ1n) is 9.61. The molecule has 0 amide bonds. The number of anilines is 2. The van der Waals surface area contributed by atoms with E-state index in [9.17, 15) is 13.2 Å². The molecule has 0 aliphatic carbocycles. The van der Waals surface area contributed by atoms with E-state index in [0.717, 1.165) is 22.4 Å². The van der Waals surface area contributed by atoms with Crippen LogP contribution in [0.4, 0.5) is 11.4 Å². The van der Waals surface area contributed by atoms with Gasteiger partial charge in [-0.25, -0.2) is 8.42 Å². The van der Waals surface area contributed by atoms with Gasteiger partial charge in [0.25, 0.3) is 10.0 Å². The highest BCUT2D eigenvalue weighted by atomic mass is 32.2.